The van der Waals surface area contributed by atoms with E-state index in [2.05, 4.69) is 33.8 Å². The Morgan fingerprint density at radius 1 is 0.867 bits per heavy atom. The van der Waals surface area contributed by atoms with Crippen LogP contribution < -0.4 is 0 Å². The van der Waals surface area contributed by atoms with Crippen LogP contribution in [-0.2, 0) is 4.74 Å². The summed E-state index contributed by atoms with van der Waals surface area (Å²) in [5, 5.41) is 0. The van der Waals surface area contributed by atoms with Crippen molar-refractivity contribution in [1.82, 2.24) is 0 Å². The molecule has 0 aliphatic rings. The summed E-state index contributed by atoms with van der Waals surface area (Å²) < 4.78 is 5.45. The van der Waals surface area contributed by atoms with Crippen molar-refractivity contribution >= 4 is 11.8 Å². The highest BCUT2D eigenvalue weighted by molar-refractivity contribution is 6.15. The van der Waals surface area contributed by atoms with Gasteiger partial charge in [-0.15, -0.1) is 0 Å². The molecule has 0 amide bonds. The van der Waals surface area contributed by atoms with Gasteiger partial charge in [0.05, 0.1) is 5.56 Å². The fraction of sp³-hybridized carbons (Fsp3) is 0.333. The lowest BCUT2D eigenvalue weighted by Crippen LogP contribution is -2.14. The number of esters is 1. The van der Waals surface area contributed by atoms with Gasteiger partial charge in [0.15, 0.2) is 5.78 Å². The Hall–Kier alpha value is -2.94. The minimum atomic E-state index is -0.477. The van der Waals surface area contributed by atoms with E-state index in [4.69, 9.17) is 4.74 Å². The first-order valence-electron chi connectivity index (χ1n) is 10.5. The van der Waals surface area contributed by atoms with E-state index >= 15 is 0 Å². The fourth-order valence-corrected chi connectivity index (χ4v) is 3.24. The second kappa shape index (κ2) is 11.3. The Morgan fingerprint density at radius 3 is 2.10 bits per heavy atom. The zero-order chi connectivity index (χ0) is 22.1. The second-order valence-electron chi connectivity index (χ2n) is 8.09. The normalized spacial score (nSPS) is 11.3. The van der Waals surface area contributed by atoms with Gasteiger partial charge < -0.3 is 4.74 Å². The lowest BCUT2D eigenvalue weighted by molar-refractivity contribution is 0.0546. The van der Waals surface area contributed by atoms with Gasteiger partial charge in [-0.3, -0.25) is 4.79 Å². The van der Waals surface area contributed by atoms with Crippen LogP contribution in [0.2, 0.25) is 0 Å². The predicted octanol–water partition coefficient (Wildman–Crippen LogP) is 6.89. The number of ether oxygens (including phenoxy) is 1. The highest BCUT2D eigenvalue weighted by Crippen LogP contribution is 2.24. The molecule has 0 atom stereocenters. The highest BCUT2D eigenvalue weighted by Gasteiger charge is 2.21. The average Bonchev–Trinajstić information content (AvgIpc) is 2.72. The van der Waals surface area contributed by atoms with E-state index in [0.717, 1.165) is 18.4 Å². The standard InChI is InChI=1S/C27H32O3/c1-19(2)11-10-12-21(5)17-18-30-27(29)25-16-9-8-15-24(25)26(28)23-14-7-6-13-22(23)20(3)4/h6-9,11,13-17,20H,10,12,18H2,1-5H3/b21-17+. The van der Waals surface area contributed by atoms with E-state index in [0.29, 0.717) is 16.7 Å². The largest absolute Gasteiger partial charge is 0.458 e. The number of ketones is 1. The van der Waals surface area contributed by atoms with Gasteiger partial charge in [-0.05, 0) is 57.2 Å². The molecule has 0 aromatic heterocycles. The minimum absolute atomic E-state index is 0.153. The van der Waals surface area contributed by atoms with Gasteiger partial charge in [0.25, 0.3) is 0 Å². The molecule has 158 valence electrons. The molecule has 3 nitrogen and oxygen atoms in total. The Kier molecular flexibility index (Phi) is 8.79. The number of allylic oxidation sites excluding steroid dienone is 3. The summed E-state index contributed by atoms with van der Waals surface area (Å²) in [7, 11) is 0. The van der Waals surface area contributed by atoms with Crippen molar-refractivity contribution < 1.29 is 14.3 Å². The van der Waals surface area contributed by atoms with E-state index in [9.17, 15) is 9.59 Å². The molecule has 2 aromatic carbocycles. The first kappa shape index (κ1) is 23.3. The molecule has 0 N–H and O–H groups in total. The molecular formula is C27H32O3. The van der Waals surface area contributed by atoms with Crippen LogP contribution in [0.5, 0.6) is 0 Å². The van der Waals surface area contributed by atoms with Crippen molar-refractivity contribution in [2.45, 2.75) is 53.4 Å². The van der Waals surface area contributed by atoms with Gasteiger partial charge >= 0.3 is 5.97 Å². The summed E-state index contributed by atoms with van der Waals surface area (Å²) >= 11 is 0. The Balaban J connectivity index is 2.14. The Morgan fingerprint density at radius 2 is 1.47 bits per heavy atom. The van der Waals surface area contributed by atoms with Crippen LogP contribution in [0.3, 0.4) is 0 Å². The smallest absolute Gasteiger partial charge is 0.339 e. The number of hydrogen-bond acceptors (Lipinski definition) is 3. The molecule has 0 heterocycles. The van der Waals surface area contributed by atoms with Crippen LogP contribution in [0, 0.1) is 0 Å². The predicted molar refractivity (Wildman–Crippen MR) is 123 cm³/mol. The molecule has 0 aliphatic heterocycles. The van der Waals surface area contributed by atoms with Crippen molar-refractivity contribution in [2.24, 2.45) is 0 Å². The number of carbonyl (C=O) groups excluding carboxylic acids is 2. The highest BCUT2D eigenvalue weighted by atomic mass is 16.5. The molecular weight excluding hydrogens is 372 g/mol. The van der Waals surface area contributed by atoms with E-state index in [1.54, 1.807) is 24.3 Å². The molecule has 0 aliphatic carbocycles. The summed E-state index contributed by atoms with van der Waals surface area (Å²) in [6.07, 6.45) is 6.03. The fourth-order valence-electron chi connectivity index (χ4n) is 3.24. The second-order valence-corrected chi connectivity index (χ2v) is 8.09. The molecule has 3 heteroatoms. The first-order chi connectivity index (χ1) is 14.3. The maximum atomic E-state index is 13.2. The van der Waals surface area contributed by atoms with E-state index in [1.807, 2.05) is 37.3 Å². The summed E-state index contributed by atoms with van der Waals surface area (Å²) in [6.45, 7) is 10.5. The Bertz CT molecular complexity index is 944. The van der Waals surface area contributed by atoms with Crippen LogP contribution >= 0.6 is 0 Å². The molecule has 2 rings (SSSR count). The van der Waals surface area contributed by atoms with Gasteiger partial charge in [0, 0.05) is 11.1 Å². The molecule has 30 heavy (non-hydrogen) atoms. The average molecular weight is 405 g/mol. The molecule has 0 radical (unpaired) electrons. The third-order valence-corrected chi connectivity index (χ3v) is 4.96. The van der Waals surface area contributed by atoms with Crippen LogP contribution in [0.1, 0.15) is 85.2 Å². The van der Waals surface area contributed by atoms with Crippen molar-refractivity contribution in [1.29, 1.82) is 0 Å². The number of benzene rings is 2. The monoisotopic (exact) mass is 404 g/mol. The SMILES string of the molecule is CC(C)=CCC/C(C)=C/COC(=O)c1ccccc1C(=O)c1ccccc1C(C)C. The van der Waals surface area contributed by atoms with Crippen molar-refractivity contribution in [3.05, 3.63) is 94.1 Å². The lowest BCUT2D eigenvalue weighted by Gasteiger charge is -2.13. The number of carbonyl (C=O) groups is 2. The zero-order valence-electron chi connectivity index (χ0n) is 18.7. The van der Waals surface area contributed by atoms with Gasteiger partial charge in [-0.2, -0.15) is 0 Å². The van der Waals surface area contributed by atoms with Crippen molar-refractivity contribution in [3.63, 3.8) is 0 Å². The molecule has 0 saturated carbocycles. The quantitative estimate of drug-likeness (QED) is 0.260. The maximum absolute atomic E-state index is 13.2. The van der Waals surface area contributed by atoms with Gasteiger partial charge in [-0.1, -0.05) is 73.5 Å². The summed E-state index contributed by atoms with van der Waals surface area (Å²) in [4.78, 5) is 25.9. The Labute approximate surface area is 180 Å². The van der Waals surface area contributed by atoms with Gasteiger partial charge in [-0.25, -0.2) is 4.79 Å². The third-order valence-electron chi connectivity index (χ3n) is 4.96. The summed E-state index contributed by atoms with van der Waals surface area (Å²) in [5.41, 5.74) is 4.75. The van der Waals surface area contributed by atoms with E-state index in [1.165, 1.54) is 11.1 Å². The summed E-state index contributed by atoms with van der Waals surface area (Å²) in [5.74, 6) is -0.418. The molecule has 0 spiro atoms. The third kappa shape index (κ3) is 6.55. The van der Waals surface area contributed by atoms with Crippen LogP contribution in [0.25, 0.3) is 0 Å². The maximum Gasteiger partial charge on any atom is 0.339 e. The lowest BCUT2D eigenvalue weighted by atomic mass is 9.90. The van der Waals surface area contributed by atoms with Gasteiger partial charge in [0.1, 0.15) is 6.61 Å². The topological polar surface area (TPSA) is 43.4 Å². The van der Waals surface area contributed by atoms with Crippen LogP contribution in [0.4, 0.5) is 0 Å². The van der Waals surface area contributed by atoms with Crippen LogP contribution in [-0.4, -0.2) is 18.4 Å². The number of rotatable bonds is 9. The first-order valence-corrected chi connectivity index (χ1v) is 10.5. The van der Waals surface area contributed by atoms with Crippen LogP contribution in [0.15, 0.2) is 71.8 Å². The molecule has 0 fully saturated rings. The molecule has 0 unspecified atom stereocenters. The van der Waals surface area contributed by atoms with Gasteiger partial charge in [0.2, 0.25) is 0 Å². The number of hydrogen-bond donors (Lipinski definition) is 0. The minimum Gasteiger partial charge on any atom is -0.458 e. The zero-order valence-corrected chi connectivity index (χ0v) is 18.7. The van der Waals surface area contributed by atoms with Crippen molar-refractivity contribution in [3.8, 4) is 0 Å². The summed E-state index contributed by atoms with van der Waals surface area (Å²) in [6, 6.07) is 14.4. The van der Waals surface area contributed by atoms with E-state index in [-0.39, 0.29) is 18.3 Å². The molecule has 2 aromatic rings. The van der Waals surface area contributed by atoms with E-state index < -0.39 is 5.97 Å². The molecule has 0 saturated heterocycles. The van der Waals surface area contributed by atoms with Crippen molar-refractivity contribution in [2.75, 3.05) is 6.61 Å². The molecule has 0 bridgehead atoms.